The Morgan fingerprint density at radius 2 is 1.69 bits per heavy atom. The van der Waals surface area contributed by atoms with E-state index in [1.54, 1.807) is 17.0 Å². The molecule has 0 fully saturated rings. The minimum Gasteiger partial charge on any atom is -0.339 e. The number of hydrogen-bond acceptors (Lipinski definition) is 4. The van der Waals surface area contributed by atoms with Crippen LogP contribution in [0.1, 0.15) is 51.4 Å². The number of nitrogens with two attached hydrogens (primary N) is 1. The van der Waals surface area contributed by atoms with Crippen molar-refractivity contribution in [2.24, 2.45) is 11.7 Å². The van der Waals surface area contributed by atoms with Crippen LogP contribution in [-0.4, -0.2) is 44.4 Å². The van der Waals surface area contributed by atoms with E-state index < -0.39 is 15.6 Å². The van der Waals surface area contributed by atoms with Gasteiger partial charge in [-0.05, 0) is 57.4 Å². The van der Waals surface area contributed by atoms with Crippen LogP contribution in [0.4, 0.5) is 0 Å². The van der Waals surface area contributed by atoms with E-state index in [2.05, 4.69) is 4.72 Å². The van der Waals surface area contributed by atoms with Gasteiger partial charge in [0.1, 0.15) is 0 Å². The highest BCUT2D eigenvalue weighted by atomic mass is 35.5. The maximum absolute atomic E-state index is 12.7. The van der Waals surface area contributed by atoms with Crippen LogP contribution in [0.25, 0.3) is 0 Å². The molecule has 1 aromatic carbocycles. The Bertz CT molecular complexity index is 673. The van der Waals surface area contributed by atoms with Gasteiger partial charge < -0.3 is 10.6 Å². The van der Waals surface area contributed by atoms with E-state index in [-0.39, 0.29) is 29.8 Å². The quantitative estimate of drug-likeness (QED) is 0.660. The Morgan fingerprint density at radius 1 is 1.19 bits per heavy atom. The van der Waals surface area contributed by atoms with E-state index in [0.29, 0.717) is 31.0 Å². The highest BCUT2D eigenvalue weighted by Crippen LogP contribution is 2.20. The molecule has 1 amide bonds. The molecule has 6 nitrogen and oxygen atoms in total. The predicted octanol–water partition coefficient (Wildman–Crippen LogP) is 2.63. The maximum Gasteiger partial charge on any atom is 0.253 e. The van der Waals surface area contributed by atoms with Crippen LogP contribution in [0, 0.1) is 5.92 Å². The van der Waals surface area contributed by atoms with Gasteiger partial charge >= 0.3 is 0 Å². The van der Waals surface area contributed by atoms with Crippen LogP contribution in [0.2, 0.25) is 0 Å². The van der Waals surface area contributed by atoms with Crippen molar-refractivity contribution in [3.63, 3.8) is 0 Å². The fourth-order valence-corrected chi connectivity index (χ4v) is 4.35. The van der Waals surface area contributed by atoms with E-state index in [1.165, 1.54) is 12.1 Å². The number of carbonyl (C=O) groups excluding carboxylic acids is 1. The fourth-order valence-electron chi connectivity index (χ4n) is 2.92. The van der Waals surface area contributed by atoms with Gasteiger partial charge in [0.05, 0.1) is 4.90 Å². The van der Waals surface area contributed by atoms with Crippen molar-refractivity contribution in [1.29, 1.82) is 0 Å². The smallest absolute Gasteiger partial charge is 0.253 e. The van der Waals surface area contributed by atoms with E-state index in [1.807, 2.05) is 34.6 Å². The first kappa shape index (κ1) is 24.8. The third kappa shape index (κ3) is 6.54. The molecule has 0 aliphatic heterocycles. The molecule has 3 N–H and O–H groups in total. The Kier molecular flexibility index (Phi) is 9.80. The van der Waals surface area contributed by atoms with Crippen molar-refractivity contribution in [3.05, 3.63) is 29.8 Å². The number of rotatable bonds is 9. The highest BCUT2D eigenvalue weighted by molar-refractivity contribution is 7.89. The van der Waals surface area contributed by atoms with Crippen LogP contribution in [-0.2, 0) is 10.0 Å². The Labute approximate surface area is 164 Å². The molecule has 0 aliphatic rings. The van der Waals surface area contributed by atoms with Crippen LogP contribution >= 0.6 is 12.4 Å². The molecule has 0 spiro atoms. The van der Waals surface area contributed by atoms with Gasteiger partial charge in [0.15, 0.2) is 0 Å². The van der Waals surface area contributed by atoms with Crippen LogP contribution in [0.15, 0.2) is 29.2 Å². The number of nitrogens with zero attached hydrogens (tertiary/aromatic N) is 1. The average molecular weight is 406 g/mol. The van der Waals surface area contributed by atoms with E-state index in [9.17, 15) is 13.2 Å². The summed E-state index contributed by atoms with van der Waals surface area (Å²) in [6.45, 7) is 11.1. The number of hydrogen-bond donors (Lipinski definition) is 2. The molecule has 0 aliphatic carbocycles. The van der Waals surface area contributed by atoms with E-state index in [0.717, 1.165) is 0 Å². The summed E-state index contributed by atoms with van der Waals surface area (Å²) in [5.41, 5.74) is 5.56. The number of halogens is 1. The lowest BCUT2D eigenvalue weighted by Gasteiger charge is -2.30. The summed E-state index contributed by atoms with van der Waals surface area (Å²) in [5.74, 6) is 0.207. The Hall–Kier alpha value is -1.15. The first-order chi connectivity index (χ1) is 11.6. The zero-order valence-electron chi connectivity index (χ0n) is 16.3. The minimum atomic E-state index is -3.70. The molecule has 0 bridgehead atoms. The van der Waals surface area contributed by atoms with Crippen molar-refractivity contribution >= 4 is 28.3 Å². The molecule has 1 aromatic rings. The molecule has 1 rings (SSSR count). The van der Waals surface area contributed by atoms with Crippen LogP contribution in [0.3, 0.4) is 0 Å². The van der Waals surface area contributed by atoms with Crippen molar-refractivity contribution in [3.8, 4) is 0 Å². The topological polar surface area (TPSA) is 92.5 Å². The normalized spacial score (nSPS) is 13.8. The van der Waals surface area contributed by atoms with Crippen molar-refractivity contribution < 1.29 is 13.2 Å². The van der Waals surface area contributed by atoms with Crippen molar-refractivity contribution in [2.75, 3.05) is 19.6 Å². The van der Waals surface area contributed by atoms with Crippen LogP contribution in [0.5, 0.6) is 0 Å². The van der Waals surface area contributed by atoms with Gasteiger partial charge in [-0.25, -0.2) is 13.1 Å². The lowest BCUT2D eigenvalue weighted by atomic mass is 9.92. The third-order valence-corrected chi connectivity index (χ3v) is 5.81. The molecular formula is C18H32ClN3O3S. The number of carbonyl (C=O) groups is 1. The van der Waals surface area contributed by atoms with E-state index in [4.69, 9.17) is 5.73 Å². The summed E-state index contributed by atoms with van der Waals surface area (Å²) in [6.07, 6.45) is 0.640. The standard InChI is InChI=1S/C18H31N3O3S.ClH/c1-6-21(7-2)17(22)15-8-10-16(11-9-15)25(23,24)20-18(5,13-19)12-14(3)4;/h8-11,14,20H,6-7,12-13,19H2,1-5H3;1H. The molecular weight excluding hydrogens is 374 g/mol. The molecule has 0 saturated heterocycles. The summed E-state index contributed by atoms with van der Waals surface area (Å²) in [4.78, 5) is 14.1. The molecule has 8 heteroatoms. The summed E-state index contributed by atoms with van der Waals surface area (Å²) in [7, 11) is -3.70. The number of amides is 1. The first-order valence-electron chi connectivity index (χ1n) is 8.72. The Morgan fingerprint density at radius 3 is 2.08 bits per heavy atom. The SMILES string of the molecule is CCN(CC)C(=O)c1ccc(S(=O)(=O)NC(C)(CN)CC(C)C)cc1.Cl. The summed E-state index contributed by atoms with van der Waals surface area (Å²) >= 11 is 0. The Balaban J connectivity index is 0.00000625. The van der Waals surface area contributed by atoms with Crippen molar-refractivity contribution in [1.82, 2.24) is 9.62 Å². The lowest BCUT2D eigenvalue weighted by Crippen LogP contribution is -2.51. The summed E-state index contributed by atoms with van der Waals surface area (Å²) in [5, 5.41) is 0. The minimum absolute atomic E-state index is 0. The monoisotopic (exact) mass is 405 g/mol. The fraction of sp³-hybridized carbons (Fsp3) is 0.611. The molecule has 150 valence electrons. The molecule has 0 heterocycles. The van der Waals surface area contributed by atoms with Crippen molar-refractivity contribution in [2.45, 2.75) is 51.5 Å². The molecule has 0 saturated carbocycles. The molecule has 1 unspecified atom stereocenters. The second kappa shape index (κ2) is 10.3. The first-order valence-corrected chi connectivity index (χ1v) is 10.2. The lowest BCUT2D eigenvalue weighted by molar-refractivity contribution is 0.0773. The maximum atomic E-state index is 12.7. The zero-order valence-corrected chi connectivity index (χ0v) is 17.9. The number of sulfonamides is 1. The average Bonchev–Trinajstić information content (AvgIpc) is 2.54. The summed E-state index contributed by atoms with van der Waals surface area (Å²) < 4.78 is 28.0. The largest absolute Gasteiger partial charge is 0.339 e. The van der Waals surface area contributed by atoms with Gasteiger partial charge in [0.2, 0.25) is 10.0 Å². The molecule has 26 heavy (non-hydrogen) atoms. The molecule has 0 aromatic heterocycles. The zero-order chi connectivity index (χ0) is 19.3. The second-order valence-corrected chi connectivity index (χ2v) is 8.65. The van der Waals surface area contributed by atoms with Gasteiger partial charge in [-0.15, -0.1) is 12.4 Å². The predicted molar refractivity (Wildman–Crippen MR) is 108 cm³/mol. The van der Waals surface area contributed by atoms with Gasteiger partial charge in [-0.1, -0.05) is 13.8 Å². The van der Waals surface area contributed by atoms with Gasteiger partial charge in [-0.3, -0.25) is 4.79 Å². The second-order valence-electron chi connectivity index (χ2n) is 6.97. The summed E-state index contributed by atoms with van der Waals surface area (Å²) in [6, 6.07) is 6.03. The number of benzene rings is 1. The molecule has 1 atom stereocenters. The molecule has 0 radical (unpaired) electrons. The van der Waals surface area contributed by atoms with Gasteiger partial charge in [0, 0.05) is 30.7 Å². The van der Waals surface area contributed by atoms with Crippen LogP contribution < -0.4 is 10.5 Å². The third-order valence-electron chi connectivity index (χ3n) is 4.15. The highest BCUT2D eigenvalue weighted by Gasteiger charge is 2.30. The van der Waals surface area contributed by atoms with E-state index >= 15 is 0 Å². The number of nitrogens with one attached hydrogen (secondary N) is 1. The van der Waals surface area contributed by atoms with Gasteiger partial charge in [-0.2, -0.15) is 0 Å². The van der Waals surface area contributed by atoms with Gasteiger partial charge in [0.25, 0.3) is 5.91 Å².